The standard InChI is InChI=1S/C9H11N3O4S/c1-16-9(13)12(8(10)11)17(14,15)7-5-3-2-4-6-7/h2-6H,1H3,(H3,10,11). The van der Waals surface area contributed by atoms with Crippen LogP contribution in [0, 0.1) is 5.41 Å². The first-order valence-electron chi connectivity index (χ1n) is 4.43. The maximum absolute atomic E-state index is 12.0. The molecule has 1 amide bonds. The van der Waals surface area contributed by atoms with Gasteiger partial charge in [-0.25, -0.2) is 13.2 Å². The van der Waals surface area contributed by atoms with E-state index in [1.807, 2.05) is 0 Å². The van der Waals surface area contributed by atoms with E-state index < -0.39 is 22.1 Å². The first-order chi connectivity index (χ1) is 7.91. The number of guanidine groups is 1. The SMILES string of the molecule is COC(=O)N(C(=N)N)S(=O)(=O)c1ccccc1. The van der Waals surface area contributed by atoms with Crippen LogP contribution in [0.1, 0.15) is 0 Å². The third-order valence-corrected chi connectivity index (χ3v) is 3.54. The Morgan fingerprint density at radius 2 is 1.88 bits per heavy atom. The van der Waals surface area contributed by atoms with Gasteiger partial charge in [0, 0.05) is 0 Å². The number of benzene rings is 1. The maximum atomic E-state index is 12.0. The zero-order valence-corrected chi connectivity index (χ0v) is 9.77. The third kappa shape index (κ3) is 2.53. The van der Waals surface area contributed by atoms with Crippen molar-refractivity contribution in [3.63, 3.8) is 0 Å². The first-order valence-corrected chi connectivity index (χ1v) is 5.87. The number of nitrogens with zero attached hydrogens (tertiary/aromatic N) is 1. The summed E-state index contributed by atoms with van der Waals surface area (Å²) in [6, 6.07) is 7.17. The summed E-state index contributed by atoms with van der Waals surface area (Å²) >= 11 is 0. The molecule has 0 saturated carbocycles. The fourth-order valence-electron chi connectivity index (χ4n) is 1.11. The summed E-state index contributed by atoms with van der Waals surface area (Å²) < 4.78 is 28.3. The van der Waals surface area contributed by atoms with E-state index in [1.54, 1.807) is 6.07 Å². The predicted octanol–water partition coefficient (Wildman–Crippen LogP) is 0.337. The van der Waals surface area contributed by atoms with Crippen molar-refractivity contribution < 1.29 is 17.9 Å². The summed E-state index contributed by atoms with van der Waals surface area (Å²) in [4.78, 5) is 11.1. The topological polar surface area (TPSA) is 114 Å². The van der Waals surface area contributed by atoms with Gasteiger partial charge >= 0.3 is 6.09 Å². The van der Waals surface area contributed by atoms with Crippen LogP contribution in [-0.2, 0) is 14.8 Å². The highest BCUT2D eigenvalue weighted by molar-refractivity contribution is 7.90. The van der Waals surface area contributed by atoms with E-state index in [-0.39, 0.29) is 9.20 Å². The van der Waals surface area contributed by atoms with Crippen LogP contribution in [-0.4, -0.2) is 31.9 Å². The number of sulfonamides is 1. The molecule has 0 saturated heterocycles. The lowest BCUT2D eigenvalue weighted by Gasteiger charge is -2.18. The quantitative estimate of drug-likeness (QED) is 0.585. The lowest BCUT2D eigenvalue weighted by molar-refractivity contribution is 0.161. The van der Waals surface area contributed by atoms with Crippen LogP contribution in [0.5, 0.6) is 0 Å². The van der Waals surface area contributed by atoms with Crippen LogP contribution in [0.2, 0.25) is 0 Å². The lowest BCUT2D eigenvalue weighted by atomic mass is 10.4. The average Bonchev–Trinajstić information content (AvgIpc) is 2.29. The van der Waals surface area contributed by atoms with Crippen LogP contribution in [0.15, 0.2) is 35.2 Å². The molecule has 0 aliphatic heterocycles. The van der Waals surface area contributed by atoms with Crippen molar-refractivity contribution in [1.29, 1.82) is 5.41 Å². The molecule has 1 aromatic rings. The number of nitrogens with two attached hydrogens (primary N) is 1. The van der Waals surface area contributed by atoms with E-state index >= 15 is 0 Å². The highest BCUT2D eigenvalue weighted by Gasteiger charge is 2.32. The second kappa shape index (κ2) is 4.83. The van der Waals surface area contributed by atoms with E-state index in [0.717, 1.165) is 7.11 Å². The zero-order valence-electron chi connectivity index (χ0n) is 8.95. The molecule has 0 bridgehead atoms. The number of hydrogen-bond donors (Lipinski definition) is 2. The molecule has 8 heteroatoms. The van der Waals surface area contributed by atoms with Gasteiger partial charge in [-0.05, 0) is 12.1 Å². The van der Waals surface area contributed by atoms with Crippen molar-refractivity contribution in [2.24, 2.45) is 5.73 Å². The monoisotopic (exact) mass is 257 g/mol. The van der Waals surface area contributed by atoms with Gasteiger partial charge in [0.15, 0.2) is 0 Å². The highest BCUT2D eigenvalue weighted by atomic mass is 32.2. The molecule has 0 aromatic heterocycles. The van der Waals surface area contributed by atoms with Gasteiger partial charge in [-0.15, -0.1) is 4.31 Å². The van der Waals surface area contributed by atoms with Gasteiger partial charge in [0.1, 0.15) is 0 Å². The number of rotatable bonds is 2. The Kier molecular flexibility index (Phi) is 3.69. The molecule has 1 rings (SSSR count). The van der Waals surface area contributed by atoms with Crippen molar-refractivity contribution in [3.05, 3.63) is 30.3 Å². The second-order valence-electron chi connectivity index (χ2n) is 2.94. The molecule has 0 aliphatic carbocycles. The van der Waals surface area contributed by atoms with Gasteiger partial charge in [-0.1, -0.05) is 18.2 Å². The van der Waals surface area contributed by atoms with E-state index in [0.29, 0.717) is 0 Å². The van der Waals surface area contributed by atoms with E-state index in [4.69, 9.17) is 11.1 Å². The summed E-state index contributed by atoms with van der Waals surface area (Å²) in [6.45, 7) is 0. The summed E-state index contributed by atoms with van der Waals surface area (Å²) in [7, 11) is -3.20. The van der Waals surface area contributed by atoms with Crippen molar-refractivity contribution in [2.45, 2.75) is 4.90 Å². The normalized spacial score (nSPS) is 10.6. The van der Waals surface area contributed by atoms with E-state index in [9.17, 15) is 13.2 Å². The molecule has 0 aliphatic rings. The van der Waals surface area contributed by atoms with Crippen LogP contribution in [0.25, 0.3) is 0 Å². The summed E-state index contributed by atoms with van der Waals surface area (Å²) in [5.74, 6) is -0.930. The Bertz CT molecular complexity index is 526. The molecule has 0 fully saturated rings. The fraction of sp³-hybridized carbons (Fsp3) is 0.111. The molecule has 0 heterocycles. The molecule has 0 radical (unpaired) electrons. The first kappa shape index (κ1) is 13.0. The summed E-state index contributed by atoms with van der Waals surface area (Å²) in [5.41, 5.74) is 5.07. The van der Waals surface area contributed by atoms with Gasteiger partial charge in [-0.3, -0.25) is 5.41 Å². The van der Waals surface area contributed by atoms with Crippen LogP contribution < -0.4 is 5.73 Å². The summed E-state index contributed by atoms with van der Waals surface area (Å²) in [6.07, 6.45) is -1.23. The largest absolute Gasteiger partial charge is 0.452 e. The number of methoxy groups -OCH3 is 1. The number of carbonyl (C=O) groups excluding carboxylic acids is 1. The van der Waals surface area contributed by atoms with Crippen molar-refractivity contribution in [3.8, 4) is 0 Å². The second-order valence-corrected chi connectivity index (χ2v) is 4.72. The maximum Gasteiger partial charge on any atom is 0.430 e. The van der Waals surface area contributed by atoms with Gasteiger partial charge in [0.2, 0.25) is 5.96 Å². The molecule has 17 heavy (non-hydrogen) atoms. The molecule has 92 valence electrons. The van der Waals surface area contributed by atoms with Crippen molar-refractivity contribution in [1.82, 2.24) is 4.31 Å². The number of carbonyl (C=O) groups is 1. The smallest absolute Gasteiger partial charge is 0.430 e. The van der Waals surface area contributed by atoms with E-state index in [2.05, 4.69) is 4.74 Å². The van der Waals surface area contributed by atoms with Gasteiger partial charge in [0.25, 0.3) is 10.0 Å². The molecular formula is C9H11N3O4S. The zero-order chi connectivity index (χ0) is 13.1. The average molecular weight is 257 g/mol. The number of amides is 1. The third-order valence-electron chi connectivity index (χ3n) is 1.84. The van der Waals surface area contributed by atoms with Crippen molar-refractivity contribution in [2.75, 3.05) is 7.11 Å². The number of hydrogen-bond acceptors (Lipinski definition) is 5. The molecular weight excluding hydrogens is 246 g/mol. The lowest BCUT2D eigenvalue weighted by Crippen LogP contribution is -2.45. The van der Waals surface area contributed by atoms with Crippen LogP contribution in [0.3, 0.4) is 0 Å². The Labute approximate surface area is 98.3 Å². The van der Waals surface area contributed by atoms with Crippen molar-refractivity contribution >= 4 is 22.1 Å². The highest BCUT2D eigenvalue weighted by Crippen LogP contribution is 2.15. The van der Waals surface area contributed by atoms with Crippen LogP contribution in [0.4, 0.5) is 4.79 Å². The van der Waals surface area contributed by atoms with Gasteiger partial charge < -0.3 is 10.5 Å². The summed E-state index contributed by atoms with van der Waals surface area (Å²) in [5, 5.41) is 7.11. The minimum atomic E-state index is -4.20. The van der Waals surface area contributed by atoms with Gasteiger partial charge in [0.05, 0.1) is 12.0 Å². The molecule has 1 aromatic carbocycles. The Morgan fingerprint density at radius 1 is 1.35 bits per heavy atom. The number of ether oxygens (including phenoxy) is 1. The Hall–Kier alpha value is -2.09. The van der Waals surface area contributed by atoms with Crippen LogP contribution >= 0.6 is 0 Å². The Balaban J connectivity index is 3.29. The van der Waals surface area contributed by atoms with Gasteiger partial charge in [-0.2, -0.15) is 0 Å². The minimum absolute atomic E-state index is 0.0856. The fourth-order valence-corrected chi connectivity index (χ4v) is 2.35. The molecule has 0 atom stereocenters. The number of nitrogens with one attached hydrogen (secondary N) is 1. The molecule has 3 N–H and O–H groups in total. The Morgan fingerprint density at radius 3 is 2.29 bits per heavy atom. The predicted molar refractivity (Wildman–Crippen MR) is 59.8 cm³/mol. The molecule has 7 nitrogen and oxygen atoms in total. The minimum Gasteiger partial charge on any atom is -0.452 e. The molecule has 0 unspecified atom stereocenters. The molecule has 0 spiro atoms. The van der Waals surface area contributed by atoms with E-state index in [1.165, 1.54) is 24.3 Å².